The van der Waals surface area contributed by atoms with Crippen molar-refractivity contribution in [3.8, 4) is 6.07 Å². The molecule has 6 heteroatoms. The van der Waals surface area contributed by atoms with Gasteiger partial charge < -0.3 is 5.32 Å². The Hall–Kier alpha value is -1.55. The van der Waals surface area contributed by atoms with Crippen LogP contribution in [-0.4, -0.2) is 5.91 Å². The van der Waals surface area contributed by atoms with E-state index < -0.39 is 5.91 Å². The van der Waals surface area contributed by atoms with E-state index in [0.29, 0.717) is 10.7 Å². The number of rotatable bonds is 3. The molecule has 0 spiro atoms. The van der Waals surface area contributed by atoms with E-state index in [-0.39, 0.29) is 10.6 Å². The number of nitrogens with zero attached hydrogens (tertiary/aromatic N) is 1. The summed E-state index contributed by atoms with van der Waals surface area (Å²) in [4.78, 5) is 12.2. The number of hydrogen-bond acceptors (Lipinski definition) is 2. The lowest BCUT2D eigenvalue weighted by atomic mass is 10.1. The monoisotopic (exact) mass is 442 g/mol. The van der Waals surface area contributed by atoms with Gasteiger partial charge in [0.25, 0.3) is 5.91 Å². The highest BCUT2D eigenvalue weighted by Gasteiger charge is 2.12. The van der Waals surface area contributed by atoms with Gasteiger partial charge in [0.1, 0.15) is 11.6 Å². The van der Waals surface area contributed by atoms with Gasteiger partial charge in [0.15, 0.2) is 0 Å². The Labute approximate surface area is 151 Å². The van der Waals surface area contributed by atoms with Crippen LogP contribution in [0.5, 0.6) is 0 Å². The summed E-state index contributed by atoms with van der Waals surface area (Å²) in [6.07, 6.45) is 1.52. The number of benzene rings is 2. The first-order chi connectivity index (χ1) is 10.5. The summed E-state index contributed by atoms with van der Waals surface area (Å²) >= 11 is 14.1. The smallest absolute Gasteiger partial charge is 0.266 e. The molecule has 0 bridgehead atoms. The largest absolute Gasteiger partial charge is 0.320 e. The number of amides is 1. The summed E-state index contributed by atoms with van der Waals surface area (Å²) in [5.41, 5.74) is 1.12. The fourth-order valence-electron chi connectivity index (χ4n) is 1.66. The van der Waals surface area contributed by atoms with Gasteiger partial charge >= 0.3 is 0 Å². The average Bonchev–Trinajstić information content (AvgIpc) is 2.51. The number of carbonyl (C=O) groups is 1. The topological polar surface area (TPSA) is 52.9 Å². The van der Waals surface area contributed by atoms with E-state index in [4.69, 9.17) is 23.2 Å². The quantitative estimate of drug-likeness (QED) is 0.406. The molecule has 0 aliphatic rings. The van der Waals surface area contributed by atoms with E-state index >= 15 is 0 Å². The second-order valence-corrected chi connectivity index (χ2v) is 6.31. The van der Waals surface area contributed by atoms with Crippen molar-refractivity contribution in [3.63, 3.8) is 0 Å². The Bertz CT molecular complexity index is 780. The summed E-state index contributed by atoms with van der Waals surface area (Å²) in [7, 11) is 0. The van der Waals surface area contributed by atoms with E-state index in [2.05, 4.69) is 27.9 Å². The van der Waals surface area contributed by atoms with Gasteiger partial charge in [-0.3, -0.25) is 4.79 Å². The van der Waals surface area contributed by atoms with E-state index in [1.165, 1.54) is 6.08 Å². The van der Waals surface area contributed by atoms with Crippen LogP contribution in [0.3, 0.4) is 0 Å². The Morgan fingerprint density at radius 1 is 1.18 bits per heavy atom. The molecule has 2 rings (SSSR count). The third-order valence-electron chi connectivity index (χ3n) is 2.75. The highest BCUT2D eigenvalue weighted by atomic mass is 127. The molecular weight excluding hydrogens is 434 g/mol. The molecule has 0 saturated heterocycles. The molecule has 0 aliphatic heterocycles. The van der Waals surface area contributed by atoms with Crippen molar-refractivity contribution < 1.29 is 4.79 Å². The van der Waals surface area contributed by atoms with Crippen LogP contribution in [0, 0.1) is 14.9 Å². The van der Waals surface area contributed by atoms with Crippen LogP contribution in [0.2, 0.25) is 10.0 Å². The average molecular weight is 443 g/mol. The molecule has 1 amide bonds. The summed E-state index contributed by atoms with van der Waals surface area (Å²) < 4.78 is 1.07. The molecule has 0 unspecified atom stereocenters. The zero-order valence-corrected chi connectivity index (χ0v) is 14.8. The van der Waals surface area contributed by atoms with Crippen molar-refractivity contribution in [2.24, 2.45) is 0 Å². The third kappa shape index (κ3) is 4.23. The molecule has 2 aromatic carbocycles. The van der Waals surface area contributed by atoms with Crippen LogP contribution in [0.1, 0.15) is 5.56 Å². The van der Waals surface area contributed by atoms with Crippen molar-refractivity contribution >= 4 is 63.5 Å². The maximum Gasteiger partial charge on any atom is 0.266 e. The number of nitriles is 1. The van der Waals surface area contributed by atoms with Crippen LogP contribution in [0.15, 0.2) is 48.0 Å². The van der Waals surface area contributed by atoms with Crippen molar-refractivity contribution in [3.05, 3.63) is 67.2 Å². The molecule has 0 atom stereocenters. The predicted octanol–water partition coefficient (Wildman–Crippen LogP) is 5.14. The van der Waals surface area contributed by atoms with Crippen LogP contribution >= 0.6 is 45.8 Å². The minimum absolute atomic E-state index is 0.0164. The van der Waals surface area contributed by atoms with E-state index in [0.717, 1.165) is 9.13 Å². The molecule has 110 valence electrons. The fraction of sp³-hybridized carbons (Fsp3) is 0. The number of halogens is 3. The van der Waals surface area contributed by atoms with Gasteiger partial charge in [-0.25, -0.2) is 0 Å². The second kappa shape index (κ2) is 7.63. The van der Waals surface area contributed by atoms with Crippen molar-refractivity contribution in [1.29, 1.82) is 5.26 Å². The van der Waals surface area contributed by atoms with Crippen LogP contribution in [-0.2, 0) is 4.79 Å². The van der Waals surface area contributed by atoms with Crippen molar-refractivity contribution in [2.75, 3.05) is 5.32 Å². The highest BCUT2D eigenvalue weighted by Crippen LogP contribution is 2.29. The minimum atomic E-state index is -0.537. The van der Waals surface area contributed by atoms with Crippen molar-refractivity contribution in [1.82, 2.24) is 0 Å². The maximum atomic E-state index is 12.2. The Morgan fingerprint density at radius 2 is 1.86 bits per heavy atom. The first-order valence-electron chi connectivity index (χ1n) is 6.14. The lowest BCUT2D eigenvalue weighted by Crippen LogP contribution is -2.13. The lowest BCUT2D eigenvalue weighted by molar-refractivity contribution is -0.112. The van der Waals surface area contributed by atoms with Crippen molar-refractivity contribution in [2.45, 2.75) is 0 Å². The standard InChI is InChI=1S/C16H9Cl2IN2O/c17-13-2-1-3-14(15(13)18)21-16(22)11(9-20)8-10-4-6-12(19)7-5-10/h1-8H,(H,21,22)/b11-8-. The Morgan fingerprint density at radius 3 is 2.50 bits per heavy atom. The number of anilines is 1. The van der Waals surface area contributed by atoms with Gasteiger partial charge in [-0.05, 0) is 58.5 Å². The number of hydrogen-bond donors (Lipinski definition) is 1. The predicted molar refractivity (Wildman–Crippen MR) is 97.8 cm³/mol. The maximum absolute atomic E-state index is 12.2. The molecule has 3 nitrogen and oxygen atoms in total. The summed E-state index contributed by atoms with van der Waals surface area (Å²) in [6.45, 7) is 0. The number of carbonyl (C=O) groups excluding carboxylic acids is 1. The zero-order valence-electron chi connectivity index (χ0n) is 11.1. The van der Waals surface area contributed by atoms with Crippen LogP contribution in [0.25, 0.3) is 6.08 Å². The Balaban J connectivity index is 2.24. The molecule has 0 aromatic heterocycles. The first kappa shape index (κ1) is 16.8. The van der Waals surface area contributed by atoms with Gasteiger partial charge in [-0.2, -0.15) is 5.26 Å². The molecule has 0 radical (unpaired) electrons. The zero-order chi connectivity index (χ0) is 16.1. The normalized spacial score (nSPS) is 10.9. The molecule has 1 N–H and O–H groups in total. The lowest BCUT2D eigenvalue weighted by Gasteiger charge is -2.07. The molecular formula is C16H9Cl2IN2O. The van der Waals surface area contributed by atoms with Gasteiger partial charge in [0, 0.05) is 3.57 Å². The van der Waals surface area contributed by atoms with Gasteiger partial charge in [0.2, 0.25) is 0 Å². The summed E-state index contributed by atoms with van der Waals surface area (Å²) in [5.74, 6) is -0.537. The molecule has 0 heterocycles. The summed E-state index contributed by atoms with van der Waals surface area (Å²) in [5, 5.41) is 12.3. The Kier molecular flexibility index (Phi) is 5.83. The number of nitrogens with one attached hydrogen (secondary N) is 1. The first-order valence-corrected chi connectivity index (χ1v) is 7.97. The van der Waals surface area contributed by atoms with E-state index in [1.54, 1.807) is 18.2 Å². The van der Waals surface area contributed by atoms with Gasteiger partial charge in [-0.1, -0.05) is 41.4 Å². The SMILES string of the molecule is N#C/C(=C/c1ccc(I)cc1)C(=O)Nc1cccc(Cl)c1Cl. The third-order valence-corrected chi connectivity index (χ3v) is 4.28. The molecule has 0 fully saturated rings. The summed E-state index contributed by atoms with van der Waals surface area (Å²) in [6, 6.07) is 14.2. The van der Waals surface area contributed by atoms with E-state index in [1.807, 2.05) is 30.3 Å². The van der Waals surface area contributed by atoms with Gasteiger partial charge in [0.05, 0.1) is 15.7 Å². The van der Waals surface area contributed by atoms with E-state index in [9.17, 15) is 10.1 Å². The molecule has 0 aliphatic carbocycles. The minimum Gasteiger partial charge on any atom is -0.320 e. The van der Waals surface area contributed by atoms with Crippen LogP contribution in [0.4, 0.5) is 5.69 Å². The second-order valence-electron chi connectivity index (χ2n) is 4.28. The molecule has 0 saturated carbocycles. The highest BCUT2D eigenvalue weighted by molar-refractivity contribution is 14.1. The fourth-order valence-corrected chi connectivity index (χ4v) is 2.37. The van der Waals surface area contributed by atoms with Gasteiger partial charge in [-0.15, -0.1) is 0 Å². The van der Waals surface area contributed by atoms with Crippen LogP contribution < -0.4 is 5.32 Å². The molecule has 2 aromatic rings. The molecule has 22 heavy (non-hydrogen) atoms.